The second-order valence-electron chi connectivity index (χ2n) is 9.30. The minimum absolute atomic E-state index is 0.0273. The molecular formula is C22H26F3NO3. The number of carbonyl (C=O) groups excluding carboxylic acids is 1. The third-order valence-corrected chi connectivity index (χ3v) is 7.77. The highest BCUT2D eigenvalue weighted by Gasteiger charge is 2.66. The Balaban J connectivity index is 1.74. The van der Waals surface area contributed by atoms with Crippen LogP contribution < -0.4 is 4.74 Å². The zero-order chi connectivity index (χ0) is 20.6. The number of ketones is 1. The van der Waals surface area contributed by atoms with E-state index in [1.807, 2.05) is 0 Å². The number of hydrogen-bond donors (Lipinski definition) is 1. The van der Waals surface area contributed by atoms with Crippen LogP contribution in [0.3, 0.4) is 0 Å². The summed E-state index contributed by atoms with van der Waals surface area (Å²) in [5.74, 6) is 0.331. The summed E-state index contributed by atoms with van der Waals surface area (Å²) in [6.45, 7) is 1.50. The maximum absolute atomic E-state index is 14.2. The first kappa shape index (κ1) is 19.4. The zero-order valence-electron chi connectivity index (χ0n) is 16.5. The molecule has 2 saturated carbocycles. The molecule has 2 bridgehead atoms. The number of likely N-dealkylation sites (tertiary alicyclic amines) is 1. The van der Waals surface area contributed by atoms with Crippen LogP contribution in [0.25, 0.3) is 0 Å². The van der Waals surface area contributed by atoms with E-state index in [-0.39, 0.29) is 42.4 Å². The Morgan fingerprint density at radius 2 is 2.03 bits per heavy atom. The number of fused-ring (bicyclic) bond motifs is 1. The van der Waals surface area contributed by atoms with Crippen molar-refractivity contribution in [1.29, 1.82) is 0 Å². The van der Waals surface area contributed by atoms with E-state index >= 15 is 0 Å². The van der Waals surface area contributed by atoms with Crippen molar-refractivity contribution >= 4 is 5.78 Å². The molecule has 3 fully saturated rings. The Morgan fingerprint density at radius 1 is 1.28 bits per heavy atom. The van der Waals surface area contributed by atoms with Crippen LogP contribution >= 0.6 is 0 Å². The summed E-state index contributed by atoms with van der Waals surface area (Å²) in [4.78, 5) is 14.8. The van der Waals surface area contributed by atoms with Crippen molar-refractivity contribution in [2.75, 3.05) is 20.2 Å². The number of halogens is 3. The van der Waals surface area contributed by atoms with Crippen molar-refractivity contribution in [2.45, 2.75) is 68.2 Å². The normalized spacial score (nSPS) is 34.5. The molecule has 7 heteroatoms. The molecule has 0 radical (unpaired) electrons. The number of rotatable bonds is 3. The largest absolute Gasteiger partial charge is 0.496 e. The number of benzene rings is 1. The Labute approximate surface area is 168 Å². The maximum atomic E-state index is 14.2. The predicted molar refractivity (Wildman–Crippen MR) is 99.9 cm³/mol. The van der Waals surface area contributed by atoms with Crippen LogP contribution in [-0.2, 0) is 22.8 Å². The van der Waals surface area contributed by atoms with E-state index in [1.165, 1.54) is 26.0 Å². The quantitative estimate of drug-likeness (QED) is 0.831. The van der Waals surface area contributed by atoms with Gasteiger partial charge in [0.05, 0.1) is 12.7 Å². The van der Waals surface area contributed by atoms with E-state index in [0.717, 1.165) is 6.54 Å². The van der Waals surface area contributed by atoms with Gasteiger partial charge in [0.1, 0.15) is 17.1 Å². The highest BCUT2D eigenvalue weighted by atomic mass is 19.4. The third kappa shape index (κ3) is 2.69. The minimum Gasteiger partial charge on any atom is -0.496 e. The fourth-order valence-corrected chi connectivity index (χ4v) is 6.31. The summed E-state index contributed by atoms with van der Waals surface area (Å²) in [5.41, 5.74) is -2.61. The van der Waals surface area contributed by atoms with Gasteiger partial charge in [-0.2, -0.15) is 13.2 Å². The molecule has 1 aromatic carbocycles. The van der Waals surface area contributed by atoms with Gasteiger partial charge in [0, 0.05) is 30.8 Å². The highest BCUT2D eigenvalue weighted by Crippen LogP contribution is 2.61. The van der Waals surface area contributed by atoms with Gasteiger partial charge in [-0.3, -0.25) is 9.69 Å². The fourth-order valence-electron chi connectivity index (χ4n) is 6.31. The monoisotopic (exact) mass is 409 g/mol. The first-order valence-electron chi connectivity index (χ1n) is 10.5. The number of methoxy groups -OCH3 is 1. The average molecular weight is 409 g/mol. The summed E-state index contributed by atoms with van der Waals surface area (Å²) in [7, 11) is 1.23. The molecule has 0 amide bonds. The summed E-state index contributed by atoms with van der Waals surface area (Å²) in [6.07, 6.45) is -1.10. The van der Waals surface area contributed by atoms with Crippen LogP contribution in [0.4, 0.5) is 13.2 Å². The molecule has 4 aliphatic rings. The van der Waals surface area contributed by atoms with Crippen molar-refractivity contribution < 1.29 is 27.8 Å². The molecule has 1 saturated heterocycles. The molecule has 3 atom stereocenters. The number of nitrogens with zero attached hydrogens (tertiary/aromatic N) is 1. The zero-order valence-corrected chi connectivity index (χ0v) is 16.5. The second kappa shape index (κ2) is 6.20. The third-order valence-electron chi connectivity index (χ3n) is 7.77. The van der Waals surface area contributed by atoms with Crippen LogP contribution in [-0.4, -0.2) is 47.6 Å². The fraction of sp³-hybridized carbons (Fsp3) is 0.682. The van der Waals surface area contributed by atoms with Crippen LogP contribution in [0.15, 0.2) is 12.1 Å². The van der Waals surface area contributed by atoms with E-state index in [1.54, 1.807) is 6.07 Å². The molecule has 29 heavy (non-hydrogen) atoms. The van der Waals surface area contributed by atoms with E-state index in [4.69, 9.17) is 4.74 Å². The molecule has 158 valence electrons. The standard InChI is InChI=1S/C22H26F3NO3/c1-29-16-5-4-14-10-17-21(28)7-6-15(27)11-20(21,18(14)19(16)22(23,24)25)8-9-26(17)12-13-2-3-13/h4-5,13,17,28H,2-3,6-12H2,1H3/t17-,20-,21-/m1/s1. The number of ether oxygens (including phenoxy) is 1. The van der Waals surface area contributed by atoms with Gasteiger partial charge in [-0.05, 0) is 61.8 Å². The molecule has 1 heterocycles. The van der Waals surface area contributed by atoms with Crippen LogP contribution in [0.2, 0.25) is 0 Å². The van der Waals surface area contributed by atoms with Gasteiger partial charge >= 0.3 is 6.18 Å². The number of aliphatic hydroxyl groups is 1. The lowest BCUT2D eigenvalue weighted by atomic mass is 9.48. The van der Waals surface area contributed by atoms with Crippen molar-refractivity contribution in [3.05, 3.63) is 28.8 Å². The molecule has 0 unspecified atom stereocenters. The summed E-state index contributed by atoms with van der Waals surface area (Å²) < 4.78 is 47.8. The van der Waals surface area contributed by atoms with Gasteiger partial charge in [-0.1, -0.05) is 6.07 Å². The molecule has 1 N–H and O–H groups in total. The first-order chi connectivity index (χ1) is 13.7. The van der Waals surface area contributed by atoms with Crippen LogP contribution in [0, 0.1) is 5.92 Å². The van der Waals surface area contributed by atoms with Gasteiger partial charge in [0.2, 0.25) is 0 Å². The minimum atomic E-state index is -4.62. The van der Waals surface area contributed by atoms with E-state index in [2.05, 4.69) is 4.90 Å². The Morgan fingerprint density at radius 3 is 2.69 bits per heavy atom. The molecule has 0 spiro atoms. The lowest BCUT2D eigenvalue weighted by Gasteiger charge is -2.63. The van der Waals surface area contributed by atoms with Gasteiger partial charge in [-0.25, -0.2) is 0 Å². The number of Topliss-reactive ketones (excluding diaryl/α,β-unsaturated/α-hetero) is 1. The van der Waals surface area contributed by atoms with Crippen molar-refractivity contribution in [2.24, 2.45) is 5.92 Å². The first-order valence-corrected chi connectivity index (χ1v) is 10.5. The van der Waals surface area contributed by atoms with Crippen molar-refractivity contribution in [1.82, 2.24) is 4.90 Å². The number of hydrogen-bond acceptors (Lipinski definition) is 4. The summed E-state index contributed by atoms with van der Waals surface area (Å²) in [6, 6.07) is 2.85. The average Bonchev–Trinajstić information content (AvgIpc) is 3.47. The van der Waals surface area contributed by atoms with E-state index in [0.29, 0.717) is 30.9 Å². The van der Waals surface area contributed by atoms with Crippen LogP contribution in [0.1, 0.15) is 55.2 Å². The van der Waals surface area contributed by atoms with Gasteiger partial charge in [0.15, 0.2) is 0 Å². The summed E-state index contributed by atoms with van der Waals surface area (Å²) >= 11 is 0. The molecule has 3 aliphatic carbocycles. The van der Waals surface area contributed by atoms with E-state index < -0.39 is 22.8 Å². The smallest absolute Gasteiger partial charge is 0.420 e. The van der Waals surface area contributed by atoms with Gasteiger partial charge < -0.3 is 9.84 Å². The molecule has 0 aromatic heterocycles. The Kier molecular flexibility index (Phi) is 4.14. The SMILES string of the molecule is COc1ccc2c(c1C(F)(F)F)[C@]13CCN(CC4CC4)[C@H](C2)[C@]1(O)CCC(=O)C3. The maximum Gasteiger partial charge on any atom is 0.420 e. The second-order valence-corrected chi connectivity index (χ2v) is 9.30. The van der Waals surface area contributed by atoms with Crippen molar-refractivity contribution in [3.63, 3.8) is 0 Å². The van der Waals surface area contributed by atoms with Crippen LogP contribution in [0.5, 0.6) is 5.75 Å². The molecular weight excluding hydrogens is 383 g/mol. The van der Waals surface area contributed by atoms with Gasteiger partial charge in [-0.15, -0.1) is 0 Å². The lowest BCUT2D eigenvalue weighted by molar-refractivity contribution is -0.178. The predicted octanol–water partition coefficient (Wildman–Crippen LogP) is 3.48. The highest BCUT2D eigenvalue weighted by molar-refractivity contribution is 5.83. The Hall–Kier alpha value is -1.60. The number of alkyl halides is 3. The van der Waals surface area contributed by atoms with Gasteiger partial charge in [0.25, 0.3) is 0 Å². The van der Waals surface area contributed by atoms with E-state index in [9.17, 15) is 23.1 Å². The lowest BCUT2D eigenvalue weighted by Crippen LogP contribution is -2.73. The molecule has 1 aliphatic heterocycles. The number of piperidine rings is 1. The van der Waals surface area contributed by atoms with Crippen molar-refractivity contribution in [3.8, 4) is 5.75 Å². The number of carbonyl (C=O) groups is 1. The molecule has 5 rings (SSSR count). The Bertz CT molecular complexity index is 866. The summed E-state index contributed by atoms with van der Waals surface area (Å²) in [5, 5.41) is 12.0. The molecule has 4 nitrogen and oxygen atoms in total. The topological polar surface area (TPSA) is 49.8 Å². The molecule has 1 aromatic rings.